The molecule has 3 saturated carbocycles. The summed E-state index contributed by atoms with van der Waals surface area (Å²) < 4.78 is 4.99. The van der Waals surface area contributed by atoms with E-state index in [1.807, 2.05) is 6.92 Å². The highest BCUT2D eigenvalue weighted by molar-refractivity contribution is 5.83. The second kappa shape index (κ2) is 3.36. The average molecular weight is 206 g/mol. The lowest BCUT2D eigenvalue weighted by Gasteiger charge is -2.44. The summed E-state index contributed by atoms with van der Waals surface area (Å²) in [4.78, 5) is 11.4. The molecule has 0 aliphatic heterocycles. The van der Waals surface area contributed by atoms with Gasteiger partial charge in [0.05, 0.1) is 6.61 Å². The molecule has 2 bridgehead atoms. The quantitative estimate of drug-likeness (QED) is 0.512. The lowest BCUT2D eigenvalue weighted by atomic mass is 9.60. The number of rotatable bonds is 2. The van der Waals surface area contributed by atoms with Crippen LogP contribution < -0.4 is 0 Å². The smallest absolute Gasteiger partial charge is 0.330 e. The van der Waals surface area contributed by atoms with Crippen molar-refractivity contribution in [1.82, 2.24) is 0 Å². The Labute approximate surface area is 90.7 Å². The molecule has 15 heavy (non-hydrogen) atoms. The second-order valence-electron chi connectivity index (χ2n) is 5.19. The molecule has 82 valence electrons. The van der Waals surface area contributed by atoms with Crippen molar-refractivity contribution >= 4 is 5.97 Å². The van der Waals surface area contributed by atoms with Crippen LogP contribution in [0.15, 0.2) is 11.6 Å². The summed E-state index contributed by atoms with van der Waals surface area (Å²) in [5.74, 6) is 3.24. The van der Waals surface area contributed by atoms with E-state index < -0.39 is 0 Å². The van der Waals surface area contributed by atoms with Crippen LogP contribution >= 0.6 is 0 Å². The van der Waals surface area contributed by atoms with Gasteiger partial charge in [0, 0.05) is 6.08 Å². The molecule has 0 aromatic heterocycles. The Morgan fingerprint density at radius 3 is 3.07 bits per heavy atom. The highest BCUT2D eigenvalue weighted by atomic mass is 16.5. The molecular formula is C13H18O2. The first kappa shape index (κ1) is 9.44. The summed E-state index contributed by atoms with van der Waals surface area (Å²) >= 11 is 0. The maximum atomic E-state index is 11.4. The van der Waals surface area contributed by atoms with E-state index in [1.54, 1.807) is 6.08 Å². The fourth-order valence-electron chi connectivity index (χ4n) is 3.98. The molecule has 3 fully saturated rings. The Balaban J connectivity index is 1.76. The molecule has 2 nitrogen and oxygen atoms in total. The third-order valence-corrected chi connectivity index (χ3v) is 4.54. The van der Waals surface area contributed by atoms with E-state index in [2.05, 4.69) is 0 Å². The number of fused-ring (bicyclic) bond motifs is 1. The molecule has 3 rings (SSSR count). The van der Waals surface area contributed by atoms with Gasteiger partial charge in [-0.05, 0) is 56.3 Å². The van der Waals surface area contributed by atoms with Gasteiger partial charge in [0.2, 0.25) is 0 Å². The van der Waals surface area contributed by atoms with Crippen molar-refractivity contribution in [2.75, 3.05) is 6.61 Å². The molecule has 0 saturated heterocycles. The number of hydrogen-bond acceptors (Lipinski definition) is 2. The predicted octanol–water partition coefficient (Wildman–Crippen LogP) is 2.54. The minimum atomic E-state index is -0.124. The van der Waals surface area contributed by atoms with Crippen molar-refractivity contribution in [3.8, 4) is 0 Å². The zero-order valence-corrected chi connectivity index (χ0v) is 9.24. The van der Waals surface area contributed by atoms with Gasteiger partial charge in [0.1, 0.15) is 0 Å². The molecular weight excluding hydrogens is 188 g/mol. The third-order valence-electron chi connectivity index (χ3n) is 4.54. The first-order chi connectivity index (χ1) is 7.29. The van der Waals surface area contributed by atoms with E-state index in [9.17, 15) is 4.79 Å². The standard InChI is InChI=1S/C13H18O2/c1-2-15-13(14)7-12-9-4-3-8-5-10(9)11(12)6-8/h7-11H,2-6H2,1H3/t8-,9+,10-,11-/m1/s1. The van der Waals surface area contributed by atoms with Gasteiger partial charge in [0.15, 0.2) is 0 Å². The van der Waals surface area contributed by atoms with Gasteiger partial charge in [0.25, 0.3) is 0 Å². The summed E-state index contributed by atoms with van der Waals surface area (Å²) in [6.45, 7) is 2.35. The maximum Gasteiger partial charge on any atom is 0.330 e. The molecule has 0 aromatic rings. The van der Waals surface area contributed by atoms with E-state index >= 15 is 0 Å². The summed E-state index contributed by atoms with van der Waals surface area (Å²) in [7, 11) is 0. The number of allylic oxidation sites excluding steroid dienone is 1. The number of ether oxygens (including phenoxy) is 1. The maximum absolute atomic E-state index is 11.4. The highest BCUT2D eigenvalue weighted by Crippen LogP contribution is 2.63. The number of carbonyl (C=O) groups excluding carboxylic acids is 1. The highest BCUT2D eigenvalue weighted by Gasteiger charge is 2.54. The van der Waals surface area contributed by atoms with Crippen LogP contribution in [0, 0.1) is 23.7 Å². The molecule has 0 radical (unpaired) electrons. The second-order valence-corrected chi connectivity index (χ2v) is 5.19. The molecule has 3 aliphatic rings. The third kappa shape index (κ3) is 1.34. The van der Waals surface area contributed by atoms with E-state index in [0.717, 1.165) is 23.7 Å². The van der Waals surface area contributed by atoms with Crippen molar-refractivity contribution in [1.29, 1.82) is 0 Å². The van der Waals surface area contributed by atoms with Crippen LogP contribution in [-0.2, 0) is 9.53 Å². The van der Waals surface area contributed by atoms with E-state index in [0.29, 0.717) is 6.61 Å². The molecule has 0 spiro atoms. The molecule has 2 heteroatoms. The van der Waals surface area contributed by atoms with Crippen molar-refractivity contribution in [2.24, 2.45) is 23.7 Å². The van der Waals surface area contributed by atoms with Gasteiger partial charge in [-0.3, -0.25) is 0 Å². The van der Waals surface area contributed by atoms with Crippen molar-refractivity contribution < 1.29 is 9.53 Å². The van der Waals surface area contributed by atoms with Crippen molar-refractivity contribution in [3.63, 3.8) is 0 Å². The summed E-state index contributed by atoms with van der Waals surface area (Å²) in [6, 6.07) is 0. The lowest BCUT2D eigenvalue weighted by Crippen LogP contribution is -2.37. The fourth-order valence-corrected chi connectivity index (χ4v) is 3.98. The zero-order valence-electron chi connectivity index (χ0n) is 9.24. The summed E-state index contributed by atoms with van der Waals surface area (Å²) in [5, 5.41) is 0. The fraction of sp³-hybridized carbons (Fsp3) is 0.769. The van der Waals surface area contributed by atoms with E-state index in [-0.39, 0.29) is 5.97 Å². The van der Waals surface area contributed by atoms with Crippen LogP contribution in [0.5, 0.6) is 0 Å². The van der Waals surface area contributed by atoms with Crippen molar-refractivity contribution in [3.05, 3.63) is 11.6 Å². The SMILES string of the molecule is CCOC(=O)C=C1[C@H]2CC[C@@H]3C[C@H]2[C@H]1C3. The van der Waals surface area contributed by atoms with Gasteiger partial charge < -0.3 is 4.74 Å². The van der Waals surface area contributed by atoms with Crippen LogP contribution in [0.25, 0.3) is 0 Å². The summed E-state index contributed by atoms with van der Waals surface area (Å²) in [5.41, 5.74) is 1.42. The Kier molecular flexibility index (Phi) is 2.11. The Morgan fingerprint density at radius 1 is 1.40 bits per heavy atom. The van der Waals surface area contributed by atoms with Crippen LogP contribution in [0.4, 0.5) is 0 Å². The Bertz CT molecular complexity index is 310. The first-order valence-corrected chi connectivity index (χ1v) is 6.17. The molecule has 0 N–H and O–H groups in total. The van der Waals surface area contributed by atoms with Crippen LogP contribution in [0.3, 0.4) is 0 Å². The molecule has 0 amide bonds. The number of esters is 1. The van der Waals surface area contributed by atoms with Gasteiger partial charge in [-0.1, -0.05) is 5.57 Å². The normalized spacial score (nSPS) is 43.9. The monoisotopic (exact) mass is 206 g/mol. The largest absolute Gasteiger partial charge is 0.463 e. The van der Waals surface area contributed by atoms with Gasteiger partial charge in [-0.15, -0.1) is 0 Å². The number of hydrogen-bond donors (Lipinski definition) is 0. The minimum absolute atomic E-state index is 0.124. The Hall–Kier alpha value is -0.790. The van der Waals surface area contributed by atoms with Crippen LogP contribution in [-0.4, -0.2) is 12.6 Å². The molecule has 4 atom stereocenters. The average Bonchev–Trinajstić information content (AvgIpc) is 2.38. The van der Waals surface area contributed by atoms with Crippen LogP contribution in [0.1, 0.15) is 32.6 Å². The van der Waals surface area contributed by atoms with E-state index in [4.69, 9.17) is 4.74 Å². The molecule has 0 unspecified atom stereocenters. The minimum Gasteiger partial charge on any atom is -0.463 e. The predicted molar refractivity (Wildman–Crippen MR) is 57.1 cm³/mol. The Morgan fingerprint density at radius 2 is 2.27 bits per heavy atom. The van der Waals surface area contributed by atoms with E-state index in [1.165, 1.54) is 31.3 Å². The zero-order chi connectivity index (χ0) is 10.4. The molecule has 0 aromatic carbocycles. The van der Waals surface area contributed by atoms with Gasteiger partial charge in [-0.25, -0.2) is 4.79 Å². The lowest BCUT2D eigenvalue weighted by molar-refractivity contribution is -0.137. The molecule has 3 aliphatic carbocycles. The number of carbonyl (C=O) groups is 1. The van der Waals surface area contributed by atoms with Gasteiger partial charge >= 0.3 is 5.97 Å². The topological polar surface area (TPSA) is 26.3 Å². The van der Waals surface area contributed by atoms with Crippen molar-refractivity contribution in [2.45, 2.75) is 32.6 Å². The first-order valence-electron chi connectivity index (χ1n) is 6.17. The van der Waals surface area contributed by atoms with Gasteiger partial charge in [-0.2, -0.15) is 0 Å². The molecule has 0 heterocycles. The van der Waals surface area contributed by atoms with Crippen LogP contribution in [0.2, 0.25) is 0 Å². The summed E-state index contributed by atoms with van der Waals surface area (Å²) in [6.07, 6.45) is 7.26.